The number of nitrogens with zero attached hydrogens (tertiary/aromatic N) is 6. The zero-order valence-electron chi connectivity index (χ0n) is 25.2. The molecule has 4 aromatic rings. The number of likely N-dealkylation sites (tertiary alicyclic amines) is 1. The molecule has 2 N–H and O–H groups in total. The number of rotatable bonds is 9. The normalized spacial score (nSPS) is 21.2. The lowest BCUT2D eigenvalue weighted by Crippen LogP contribution is -2.47. The minimum Gasteiger partial charge on any atom is -0.385 e. The molecule has 232 valence electrons. The van der Waals surface area contributed by atoms with E-state index in [0.717, 1.165) is 42.7 Å². The molecule has 0 unspecified atom stereocenters. The number of hydrogen-bond donors (Lipinski definition) is 1. The first-order valence-electron chi connectivity index (χ1n) is 15.1. The van der Waals surface area contributed by atoms with Crippen LogP contribution >= 0.6 is 0 Å². The van der Waals surface area contributed by atoms with Crippen LogP contribution in [0.3, 0.4) is 0 Å². The number of amides is 1. The van der Waals surface area contributed by atoms with Crippen molar-refractivity contribution >= 4 is 27.0 Å². The lowest BCUT2D eigenvalue weighted by atomic mass is 9.94. The number of methoxy groups -OCH3 is 1. The summed E-state index contributed by atoms with van der Waals surface area (Å²) < 4.78 is 36.4. The number of aryl methyl sites for hydroxylation is 2. The van der Waals surface area contributed by atoms with Crippen molar-refractivity contribution in [2.45, 2.75) is 49.6 Å². The van der Waals surface area contributed by atoms with Gasteiger partial charge in [-0.2, -0.15) is 4.31 Å². The van der Waals surface area contributed by atoms with E-state index in [4.69, 9.17) is 15.5 Å². The Bertz CT molecular complexity index is 1760. The Morgan fingerprint density at radius 2 is 1.91 bits per heavy atom. The molecule has 0 saturated carbocycles. The fourth-order valence-electron chi connectivity index (χ4n) is 6.46. The molecule has 6 rings (SSSR count). The quantitative estimate of drug-likeness (QED) is 0.283. The van der Waals surface area contributed by atoms with E-state index in [1.54, 1.807) is 44.5 Å². The summed E-state index contributed by atoms with van der Waals surface area (Å²) in [4.78, 5) is 29.5. The maximum atomic E-state index is 13.9. The lowest BCUT2D eigenvalue weighted by molar-refractivity contribution is -0.136. The van der Waals surface area contributed by atoms with E-state index in [1.807, 2.05) is 29.2 Å². The summed E-state index contributed by atoms with van der Waals surface area (Å²) in [5.74, 6) is 0.960. The molecule has 2 aromatic heterocycles. The maximum absolute atomic E-state index is 13.9. The van der Waals surface area contributed by atoms with Gasteiger partial charge in [0.15, 0.2) is 0 Å². The van der Waals surface area contributed by atoms with Crippen molar-refractivity contribution < 1.29 is 17.9 Å². The van der Waals surface area contributed by atoms with Crippen LogP contribution in [-0.4, -0.2) is 89.0 Å². The number of sulfonamides is 1. The Labute approximate surface area is 258 Å². The van der Waals surface area contributed by atoms with Crippen LogP contribution in [0.4, 0.5) is 0 Å². The summed E-state index contributed by atoms with van der Waals surface area (Å²) >= 11 is 0. The Morgan fingerprint density at radius 1 is 1.07 bits per heavy atom. The first-order chi connectivity index (χ1) is 21.3. The van der Waals surface area contributed by atoms with E-state index in [9.17, 15) is 13.2 Å². The number of aromatic nitrogens is 4. The zero-order chi connectivity index (χ0) is 30.8. The van der Waals surface area contributed by atoms with Crippen molar-refractivity contribution in [3.63, 3.8) is 0 Å². The molecule has 0 aliphatic carbocycles. The summed E-state index contributed by atoms with van der Waals surface area (Å²) in [7, 11) is -2.18. The third-order valence-electron chi connectivity index (χ3n) is 8.70. The lowest BCUT2D eigenvalue weighted by Gasteiger charge is -2.35. The number of fused-ring (bicyclic) bond motifs is 1. The second-order valence-corrected chi connectivity index (χ2v) is 13.6. The average Bonchev–Trinajstić information content (AvgIpc) is 3.62. The van der Waals surface area contributed by atoms with Crippen LogP contribution in [0.15, 0.2) is 65.7 Å². The highest BCUT2D eigenvalue weighted by molar-refractivity contribution is 7.89. The summed E-state index contributed by atoms with van der Waals surface area (Å²) in [6.07, 6.45) is 4.28. The molecule has 44 heavy (non-hydrogen) atoms. The van der Waals surface area contributed by atoms with Crippen LogP contribution < -0.4 is 5.73 Å². The van der Waals surface area contributed by atoms with Crippen LogP contribution in [-0.2, 0) is 26.1 Å². The number of imidazole rings is 1. The molecule has 11 nitrogen and oxygen atoms in total. The van der Waals surface area contributed by atoms with Crippen LogP contribution in [0.2, 0.25) is 0 Å². The summed E-state index contributed by atoms with van der Waals surface area (Å²) in [6.45, 7) is 4.52. The monoisotopic (exact) mass is 617 g/mol. The topological polar surface area (TPSA) is 137 Å². The summed E-state index contributed by atoms with van der Waals surface area (Å²) in [5, 5.41) is 0. The number of carbonyl (C=O) groups excluding carboxylic acids is 1. The van der Waals surface area contributed by atoms with E-state index in [-0.39, 0.29) is 29.8 Å². The molecule has 2 fully saturated rings. The molecule has 12 heteroatoms. The molecular weight excluding hydrogens is 578 g/mol. The fourth-order valence-corrected chi connectivity index (χ4v) is 8.01. The van der Waals surface area contributed by atoms with Gasteiger partial charge in [-0.3, -0.25) is 4.79 Å². The Morgan fingerprint density at radius 3 is 2.73 bits per heavy atom. The summed E-state index contributed by atoms with van der Waals surface area (Å²) in [5.41, 5.74) is 9.83. The highest BCUT2D eigenvalue weighted by atomic mass is 32.2. The predicted molar refractivity (Wildman–Crippen MR) is 167 cm³/mol. The van der Waals surface area contributed by atoms with E-state index in [2.05, 4.69) is 20.6 Å². The van der Waals surface area contributed by atoms with Crippen LogP contribution in [0.1, 0.15) is 36.8 Å². The molecule has 0 spiro atoms. The largest absolute Gasteiger partial charge is 0.385 e. The number of para-hydroxylation sites is 2. The number of ether oxygens (including phenoxy) is 1. The van der Waals surface area contributed by atoms with Crippen molar-refractivity contribution in [3.05, 3.63) is 72.4 Å². The molecule has 1 amide bonds. The summed E-state index contributed by atoms with van der Waals surface area (Å²) in [6, 6.07) is 16.0. The third kappa shape index (κ3) is 5.99. The van der Waals surface area contributed by atoms with Crippen LogP contribution in [0.25, 0.3) is 22.3 Å². The van der Waals surface area contributed by atoms with E-state index < -0.39 is 22.0 Å². The average molecular weight is 618 g/mol. The van der Waals surface area contributed by atoms with Gasteiger partial charge >= 0.3 is 0 Å². The van der Waals surface area contributed by atoms with Crippen molar-refractivity contribution in [1.29, 1.82) is 0 Å². The second-order valence-electron chi connectivity index (χ2n) is 11.7. The standard InChI is InChI=1S/C32H39N7O4S/c1-22-34-14-13-28(35-22)23-8-5-10-25(18-23)44(41,42)38-20-26(27(33)21-38)32(40)37-15-6-9-24(19-37)31-36-29-11-3-4-12-30(29)39(31)16-7-17-43-2/h3-5,8,10-14,18,24,26-27H,6-7,9,15-17,19-21,33H2,1-2H3/t24-,26-,27-/m1/s1. The van der Waals surface area contributed by atoms with Gasteiger partial charge < -0.3 is 19.9 Å². The van der Waals surface area contributed by atoms with Gasteiger partial charge in [0.05, 0.1) is 27.5 Å². The molecular formula is C32H39N7O4S. The van der Waals surface area contributed by atoms with Crippen molar-refractivity contribution in [2.75, 3.05) is 39.9 Å². The molecule has 0 bridgehead atoms. The van der Waals surface area contributed by atoms with Gasteiger partial charge in [-0.25, -0.2) is 23.4 Å². The predicted octanol–water partition coefficient (Wildman–Crippen LogP) is 3.19. The zero-order valence-corrected chi connectivity index (χ0v) is 26.0. The van der Waals surface area contributed by atoms with Gasteiger partial charge in [0.2, 0.25) is 15.9 Å². The van der Waals surface area contributed by atoms with Gasteiger partial charge in [-0.1, -0.05) is 24.3 Å². The Hall–Kier alpha value is -3.71. The molecule has 2 aliphatic rings. The molecule has 2 saturated heterocycles. The third-order valence-corrected chi connectivity index (χ3v) is 10.5. The van der Waals surface area contributed by atoms with E-state index in [0.29, 0.717) is 36.8 Å². The number of piperidine rings is 1. The highest BCUT2D eigenvalue weighted by Crippen LogP contribution is 2.32. The number of benzene rings is 2. The molecule has 3 atom stereocenters. The van der Waals surface area contributed by atoms with Gasteiger partial charge in [0.1, 0.15) is 11.6 Å². The fraction of sp³-hybridized carbons (Fsp3) is 0.438. The first-order valence-corrected chi connectivity index (χ1v) is 16.6. The molecule has 2 aromatic carbocycles. The minimum absolute atomic E-state index is 0.0515. The minimum atomic E-state index is -3.88. The van der Waals surface area contributed by atoms with Crippen LogP contribution in [0.5, 0.6) is 0 Å². The molecule has 2 aliphatic heterocycles. The Balaban J connectivity index is 1.18. The van der Waals surface area contributed by atoms with Gasteiger partial charge in [0.25, 0.3) is 0 Å². The number of carbonyl (C=O) groups is 1. The second kappa shape index (κ2) is 12.7. The van der Waals surface area contributed by atoms with Gasteiger partial charge in [-0.15, -0.1) is 0 Å². The van der Waals surface area contributed by atoms with Gasteiger partial charge in [-0.05, 0) is 56.5 Å². The van der Waals surface area contributed by atoms with E-state index >= 15 is 0 Å². The van der Waals surface area contributed by atoms with Gasteiger partial charge in [0, 0.05) is 70.2 Å². The maximum Gasteiger partial charge on any atom is 0.243 e. The van der Waals surface area contributed by atoms with Crippen LogP contribution in [0, 0.1) is 12.8 Å². The first kappa shape index (κ1) is 30.3. The SMILES string of the molecule is COCCCn1c([C@@H]2CCCN(C(=O)[C@@H]3CN(S(=O)(=O)c4cccc(-c5ccnc(C)n5)c4)C[C@H]3N)C2)nc2ccccc21. The highest BCUT2D eigenvalue weighted by Gasteiger charge is 2.43. The number of nitrogens with two attached hydrogens (primary N) is 1. The van der Waals surface area contributed by atoms with Crippen molar-refractivity contribution in [3.8, 4) is 11.3 Å². The van der Waals surface area contributed by atoms with Crippen molar-refractivity contribution in [1.82, 2.24) is 28.7 Å². The molecule has 0 radical (unpaired) electrons. The Kier molecular flexibility index (Phi) is 8.77. The van der Waals surface area contributed by atoms with E-state index in [1.165, 1.54) is 4.31 Å². The number of hydrogen-bond acceptors (Lipinski definition) is 8. The molecule has 4 heterocycles. The smallest absolute Gasteiger partial charge is 0.243 e. The van der Waals surface area contributed by atoms with Crippen molar-refractivity contribution in [2.24, 2.45) is 11.7 Å².